The highest BCUT2D eigenvalue weighted by Gasteiger charge is 2.26. The SMILES string of the molecule is CCN1c2ccccc2Sc2cc(/C=C/c3c(C#N)c(/C=C/c4ccc5c(c4)Sc4ccccc4N5CC)c(C#N)c(/C=C/c4ccc5c(c4)Sc4ccccc4N5CC)c3C#N)ccc21. The number of rotatable bonds is 9. The van der Waals surface area contributed by atoms with Crippen LogP contribution < -0.4 is 14.7 Å². The fourth-order valence-electron chi connectivity index (χ4n) is 9.09. The van der Waals surface area contributed by atoms with Gasteiger partial charge in [-0.15, -0.1) is 0 Å². The monoisotopic (exact) mass is 906 g/mol. The highest BCUT2D eigenvalue weighted by Crippen LogP contribution is 2.51. The second-order valence-corrected chi connectivity index (χ2v) is 19.1. The predicted molar refractivity (Wildman–Crippen MR) is 276 cm³/mol. The molecule has 0 spiro atoms. The number of fused-ring (bicyclic) bond motifs is 6. The molecule has 3 aliphatic heterocycles. The van der Waals surface area contributed by atoms with Gasteiger partial charge >= 0.3 is 0 Å². The van der Waals surface area contributed by atoms with Crippen LogP contribution in [0.2, 0.25) is 0 Å². The van der Waals surface area contributed by atoms with E-state index in [2.05, 4.69) is 181 Å². The van der Waals surface area contributed by atoms with Gasteiger partial charge in [-0.25, -0.2) is 0 Å². The minimum atomic E-state index is 0.271. The predicted octanol–water partition coefficient (Wildman–Crippen LogP) is 15.7. The molecule has 0 bridgehead atoms. The molecule has 7 aromatic rings. The summed E-state index contributed by atoms with van der Waals surface area (Å²) in [5.41, 5.74) is 12.1. The number of benzene rings is 7. The van der Waals surface area contributed by atoms with Gasteiger partial charge in [0.05, 0.1) is 50.8 Å². The standard InChI is InChI=1S/C57H42N6S3/c1-4-61-46-13-7-10-16-52(46)64-55-31-37(22-28-49(55)61)19-25-40-43(34-58)41(26-20-38-23-29-50-56(32-38)65-53-17-11-8-14-47(53)62(50)5-2)45(36-60)42(44(40)35-59)27-21-39-24-30-51-57(33-39)66-54-18-12-9-15-48(54)63(51)6-3/h7-33H,4-6H2,1-3H3/b25-19+,26-20+,27-21+. The van der Waals surface area contributed by atoms with Crippen LogP contribution in [0.15, 0.2) is 157 Å². The van der Waals surface area contributed by atoms with Crippen molar-refractivity contribution in [3.63, 3.8) is 0 Å². The topological polar surface area (TPSA) is 81.1 Å². The van der Waals surface area contributed by atoms with Crippen LogP contribution in [-0.4, -0.2) is 19.6 Å². The lowest BCUT2D eigenvalue weighted by molar-refractivity contribution is 0.979. The minimum Gasteiger partial charge on any atom is -0.340 e. The van der Waals surface area contributed by atoms with E-state index < -0.39 is 0 Å². The molecule has 0 saturated carbocycles. The summed E-state index contributed by atoms with van der Waals surface area (Å²) in [7, 11) is 0. The second-order valence-electron chi connectivity index (χ2n) is 15.8. The van der Waals surface area contributed by atoms with Crippen LogP contribution in [0.5, 0.6) is 0 Å². The molecule has 3 aliphatic rings. The van der Waals surface area contributed by atoms with Crippen molar-refractivity contribution in [2.75, 3.05) is 34.3 Å². The summed E-state index contributed by atoms with van der Waals surface area (Å²) in [6.07, 6.45) is 11.5. The van der Waals surface area contributed by atoms with E-state index in [1.165, 1.54) is 31.7 Å². The highest BCUT2D eigenvalue weighted by atomic mass is 32.2. The molecule has 0 fully saturated rings. The lowest BCUT2D eigenvalue weighted by Crippen LogP contribution is -2.19. The van der Waals surface area contributed by atoms with Gasteiger partial charge in [0.15, 0.2) is 0 Å². The lowest BCUT2D eigenvalue weighted by atomic mass is 9.86. The van der Waals surface area contributed by atoms with Crippen molar-refractivity contribution in [3.8, 4) is 18.2 Å². The summed E-state index contributed by atoms with van der Waals surface area (Å²) in [6.45, 7) is 8.98. The zero-order chi connectivity index (χ0) is 45.3. The molecule has 0 N–H and O–H groups in total. The van der Waals surface area contributed by atoms with Gasteiger partial charge in [-0.3, -0.25) is 0 Å². The van der Waals surface area contributed by atoms with Crippen LogP contribution >= 0.6 is 35.3 Å². The molecule has 7 aromatic carbocycles. The molecule has 3 heterocycles. The third kappa shape index (κ3) is 7.64. The molecule has 0 amide bonds. The summed E-state index contributed by atoms with van der Waals surface area (Å²) in [6, 6.07) is 51.8. The van der Waals surface area contributed by atoms with E-state index >= 15 is 0 Å². The molecule has 318 valence electrons. The van der Waals surface area contributed by atoms with Crippen LogP contribution in [0.4, 0.5) is 34.1 Å². The molecule has 0 radical (unpaired) electrons. The number of hydrogen-bond donors (Lipinski definition) is 0. The van der Waals surface area contributed by atoms with Crippen molar-refractivity contribution >= 4 is 106 Å². The largest absolute Gasteiger partial charge is 0.340 e. The van der Waals surface area contributed by atoms with Gasteiger partial charge in [-0.05, 0) is 110 Å². The van der Waals surface area contributed by atoms with Gasteiger partial charge in [0.25, 0.3) is 0 Å². The second kappa shape index (κ2) is 18.3. The van der Waals surface area contributed by atoms with Gasteiger partial charge in [0, 0.05) is 65.7 Å². The van der Waals surface area contributed by atoms with Crippen LogP contribution in [0.25, 0.3) is 36.5 Å². The van der Waals surface area contributed by atoms with Crippen molar-refractivity contribution in [1.82, 2.24) is 0 Å². The molecule has 0 atom stereocenters. The molecule has 10 rings (SSSR count). The maximum Gasteiger partial charge on any atom is 0.100 e. The lowest BCUT2D eigenvalue weighted by Gasteiger charge is -2.32. The van der Waals surface area contributed by atoms with Gasteiger partial charge in [0.2, 0.25) is 0 Å². The number of nitriles is 3. The molecule has 6 nitrogen and oxygen atoms in total. The van der Waals surface area contributed by atoms with E-state index in [9.17, 15) is 15.8 Å². The zero-order valence-electron chi connectivity index (χ0n) is 36.6. The summed E-state index contributed by atoms with van der Waals surface area (Å²) in [5, 5.41) is 33.0. The highest BCUT2D eigenvalue weighted by molar-refractivity contribution is 8.00. The summed E-state index contributed by atoms with van der Waals surface area (Å²) < 4.78 is 0. The fourth-order valence-corrected chi connectivity index (χ4v) is 12.5. The van der Waals surface area contributed by atoms with Crippen LogP contribution in [0.1, 0.15) is 70.8 Å². The Morgan fingerprint density at radius 2 is 0.636 bits per heavy atom. The smallest absolute Gasteiger partial charge is 0.100 e. The van der Waals surface area contributed by atoms with Crippen LogP contribution in [0.3, 0.4) is 0 Å². The molecular formula is C57H42N6S3. The molecule has 0 unspecified atom stereocenters. The Kier molecular flexibility index (Phi) is 11.8. The molecule has 0 aromatic heterocycles. The van der Waals surface area contributed by atoms with Crippen molar-refractivity contribution in [3.05, 3.63) is 177 Å². The average molecular weight is 907 g/mol. The average Bonchev–Trinajstić information content (AvgIpc) is 3.36. The summed E-state index contributed by atoms with van der Waals surface area (Å²) in [5.74, 6) is 0. The normalized spacial score (nSPS) is 13.4. The first-order chi connectivity index (χ1) is 32.4. The first kappa shape index (κ1) is 42.6. The molecule has 66 heavy (non-hydrogen) atoms. The maximum atomic E-state index is 11.0. The van der Waals surface area contributed by atoms with Gasteiger partial charge in [0.1, 0.15) is 18.2 Å². The Hall–Kier alpha value is -7.32. The van der Waals surface area contributed by atoms with Crippen molar-refractivity contribution in [2.45, 2.75) is 50.1 Å². The first-order valence-corrected chi connectivity index (χ1v) is 24.4. The van der Waals surface area contributed by atoms with E-state index in [0.717, 1.165) is 68.1 Å². The van der Waals surface area contributed by atoms with Crippen molar-refractivity contribution < 1.29 is 0 Å². The zero-order valence-corrected chi connectivity index (χ0v) is 39.1. The van der Waals surface area contributed by atoms with Crippen LogP contribution in [0, 0.1) is 34.0 Å². The quantitative estimate of drug-likeness (QED) is 0.132. The first-order valence-electron chi connectivity index (χ1n) is 22.0. The third-order valence-electron chi connectivity index (χ3n) is 12.2. The summed E-state index contributed by atoms with van der Waals surface area (Å²) >= 11 is 5.23. The van der Waals surface area contributed by atoms with E-state index in [1.807, 2.05) is 36.5 Å². The van der Waals surface area contributed by atoms with Gasteiger partial charge < -0.3 is 14.7 Å². The van der Waals surface area contributed by atoms with Crippen molar-refractivity contribution in [1.29, 1.82) is 15.8 Å². The van der Waals surface area contributed by atoms with Crippen LogP contribution in [-0.2, 0) is 0 Å². The number of hydrogen-bond acceptors (Lipinski definition) is 9. The van der Waals surface area contributed by atoms with E-state index in [4.69, 9.17) is 0 Å². The molecular weight excluding hydrogens is 865 g/mol. The van der Waals surface area contributed by atoms with E-state index in [1.54, 1.807) is 35.3 Å². The Morgan fingerprint density at radius 3 is 0.909 bits per heavy atom. The third-order valence-corrected chi connectivity index (χ3v) is 15.5. The number of para-hydroxylation sites is 3. The number of nitrogens with zero attached hydrogens (tertiary/aromatic N) is 6. The van der Waals surface area contributed by atoms with Crippen molar-refractivity contribution in [2.24, 2.45) is 0 Å². The molecule has 9 heteroatoms. The minimum absolute atomic E-state index is 0.271. The molecule has 0 aliphatic carbocycles. The van der Waals surface area contributed by atoms with E-state index in [0.29, 0.717) is 16.7 Å². The Morgan fingerprint density at radius 1 is 0.364 bits per heavy atom. The van der Waals surface area contributed by atoms with Gasteiger partial charge in [-0.2, -0.15) is 15.8 Å². The summed E-state index contributed by atoms with van der Waals surface area (Å²) in [4.78, 5) is 14.0. The molecule has 0 saturated heterocycles. The van der Waals surface area contributed by atoms with E-state index in [-0.39, 0.29) is 16.7 Å². The Labute approximate surface area is 399 Å². The Bertz CT molecular complexity index is 2960. The maximum absolute atomic E-state index is 11.0. The number of anilines is 6. The Balaban J connectivity index is 1.08. The van der Waals surface area contributed by atoms with Gasteiger partial charge in [-0.1, -0.05) is 126 Å². The fraction of sp³-hybridized carbons (Fsp3) is 0.105.